The number of hydrogen-bond acceptors (Lipinski definition) is 3. The van der Waals surface area contributed by atoms with E-state index in [1.54, 1.807) is 0 Å². The van der Waals surface area contributed by atoms with Gasteiger partial charge in [-0.15, -0.1) is 0 Å². The molecule has 0 spiro atoms. The molecule has 0 radical (unpaired) electrons. The first kappa shape index (κ1) is 16.6. The van der Waals surface area contributed by atoms with Gasteiger partial charge in [0, 0.05) is 19.0 Å². The lowest BCUT2D eigenvalue weighted by atomic mass is 9.85. The van der Waals surface area contributed by atoms with E-state index in [1.165, 1.54) is 6.07 Å². The van der Waals surface area contributed by atoms with Gasteiger partial charge in [0.2, 0.25) is 0 Å². The lowest BCUT2D eigenvalue weighted by Gasteiger charge is -2.23. The SMILES string of the molecule is CN1CCc2c(cc(O)c(O)c2C(F)(F)F)C(c2ccccc2)C1. The Kier molecular flexibility index (Phi) is 4.17. The number of halogens is 3. The zero-order valence-corrected chi connectivity index (χ0v) is 13.1. The van der Waals surface area contributed by atoms with Crippen LogP contribution in [0.1, 0.15) is 28.2 Å². The second-order valence-corrected chi connectivity index (χ2v) is 6.16. The molecule has 3 rings (SSSR count). The molecule has 0 aromatic heterocycles. The number of alkyl halides is 3. The maximum absolute atomic E-state index is 13.5. The maximum atomic E-state index is 13.5. The van der Waals surface area contributed by atoms with Crippen LogP contribution in [0.5, 0.6) is 11.5 Å². The van der Waals surface area contributed by atoms with E-state index in [-0.39, 0.29) is 17.9 Å². The van der Waals surface area contributed by atoms with Gasteiger partial charge in [0.1, 0.15) is 5.56 Å². The van der Waals surface area contributed by atoms with Gasteiger partial charge in [-0.1, -0.05) is 30.3 Å². The molecular weight excluding hydrogens is 319 g/mol. The predicted octanol–water partition coefficient (Wildman–Crippen LogP) is 3.74. The second kappa shape index (κ2) is 6.02. The van der Waals surface area contributed by atoms with Crippen molar-refractivity contribution in [2.75, 3.05) is 20.1 Å². The quantitative estimate of drug-likeness (QED) is 0.779. The number of benzene rings is 2. The Balaban J connectivity index is 2.26. The monoisotopic (exact) mass is 337 g/mol. The van der Waals surface area contributed by atoms with Crippen molar-refractivity contribution in [3.63, 3.8) is 0 Å². The molecule has 2 N–H and O–H groups in total. The van der Waals surface area contributed by atoms with Crippen molar-refractivity contribution in [3.05, 3.63) is 58.7 Å². The van der Waals surface area contributed by atoms with Crippen LogP contribution in [0.3, 0.4) is 0 Å². The van der Waals surface area contributed by atoms with E-state index in [0.29, 0.717) is 18.7 Å². The van der Waals surface area contributed by atoms with Crippen LogP contribution < -0.4 is 0 Å². The van der Waals surface area contributed by atoms with Crippen LogP contribution >= 0.6 is 0 Å². The van der Waals surface area contributed by atoms with Gasteiger partial charge in [-0.3, -0.25) is 0 Å². The minimum Gasteiger partial charge on any atom is -0.504 e. The molecule has 1 atom stereocenters. The molecule has 6 heteroatoms. The normalized spacial score (nSPS) is 18.9. The Morgan fingerprint density at radius 2 is 1.79 bits per heavy atom. The van der Waals surface area contributed by atoms with E-state index in [4.69, 9.17) is 0 Å². The number of fused-ring (bicyclic) bond motifs is 1. The minimum atomic E-state index is -4.73. The molecule has 1 aliphatic heterocycles. The molecule has 24 heavy (non-hydrogen) atoms. The Morgan fingerprint density at radius 1 is 1.12 bits per heavy atom. The highest BCUT2D eigenvalue weighted by atomic mass is 19.4. The largest absolute Gasteiger partial charge is 0.504 e. The van der Waals surface area contributed by atoms with Gasteiger partial charge in [-0.2, -0.15) is 13.2 Å². The van der Waals surface area contributed by atoms with Gasteiger partial charge in [-0.05, 0) is 36.2 Å². The van der Waals surface area contributed by atoms with E-state index in [9.17, 15) is 23.4 Å². The van der Waals surface area contributed by atoms with E-state index in [1.807, 2.05) is 42.3 Å². The summed E-state index contributed by atoms with van der Waals surface area (Å²) in [6.45, 7) is 0.988. The average molecular weight is 337 g/mol. The molecule has 3 nitrogen and oxygen atoms in total. The molecule has 1 heterocycles. The fourth-order valence-corrected chi connectivity index (χ4v) is 3.38. The van der Waals surface area contributed by atoms with Crippen molar-refractivity contribution in [2.45, 2.75) is 18.5 Å². The Bertz CT molecular complexity index is 744. The molecule has 0 fully saturated rings. The van der Waals surface area contributed by atoms with E-state index >= 15 is 0 Å². The van der Waals surface area contributed by atoms with Gasteiger partial charge in [-0.25, -0.2) is 0 Å². The number of aromatic hydroxyl groups is 2. The Hall–Kier alpha value is -2.21. The Morgan fingerprint density at radius 3 is 2.42 bits per heavy atom. The van der Waals surface area contributed by atoms with Crippen molar-refractivity contribution < 1.29 is 23.4 Å². The summed E-state index contributed by atoms with van der Waals surface area (Å²) in [6.07, 6.45) is -4.56. The van der Waals surface area contributed by atoms with Gasteiger partial charge >= 0.3 is 6.18 Å². The topological polar surface area (TPSA) is 43.7 Å². The number of phenols is 2. The third-order valence-corrected chi connectivity index (χ3v) is 4.52. The summed E-state index contributed by atoms with van der Waals surface area (Å²) in [4.78, 5) is 1.96. The highest BCUT2D eigenvalue weighted by Gasteiger charge is 2.40. The summed E-state index contributed by atoms with van der Waals surface area (Å²) in [5.74, 6) is -2.12. The van der Waals surface area contributed by atoms with Gasteiger partial charge in [0.15, 0.2) is 11.5 Å². The zero-order chi connectivity index (χ0) is 17.5. The molecule has 2 aromatic carbocycles. The third kappa shape index (κ3) is 2.94. The fraction of sp³-hybridized carbons (Fsp3) is 0.333. The first-order chi connectivity index (χ1) is 11.3. The molecule has 0 bridgehead atoms. The molecule has 1 unspecified atom stereocenters. The molecule has 1 aliphatic rings. The Labute approximate surface area is 138 Å². The minimum absolute atomic E-state index is 0.0657. The van der Waals surface area contributed by atoms with E-state index in [0.717, 1.165) is 5.56 Å². The summed E-state index contributed by atoms with van der Waals surface area (Å²) in [5.41, 5.74) is 0.253. The van der Waals surface area contributed by atoms with Crippen LogP contribution in [0.25, 0.3) is 0 Å². The van der Waals surface area contributed by atoms with Crippen LogP contribution in [-0.4, -0.2) is 35.3 Å². The lowest BCUT2D eigenvalue weighted by Crippen LogP contribution is -2.24. The molecule has 0 amide bonds. The van der Waals surface area contributed by atoms with E-state index < -0.39 is 23.2 Å². The average Bonchev–Trinajstić information content (AvgIpc) is 2.68. The first-order valence-corrected chi connectivity index (χ1v) is 7.67. The van der Waals surface area contributed by atoms with Gasteiger partial charge < -0.3 is 15.1 Å². The molecule has 0 saturated carbocycles. The number of phenolic OH excluding ortho intramolecular Hbond substituents is 2. The summed E-state index contributed by atoms with van der Waals surface area (Å²) in [5, 5.41) is 19.7. The third-order valence-electron chi connectivity index (χ3n) is 4.52. The maximum Gasteiger partial charge on any atom is 0.420 e. The summed E-state index contributed by atoms with van der Waals surface area (Å²) >= 11 is 0. The second-order valence-electron chi connectivity index (χ2n) is 6.16. The van der Waals surface area contributed by atoms with Crippen molar-refractivity contribution in [2.24, 2.45) is 0 Å². The van der Waals surface area contributed by atoms with Crippen molar-refractivity contribution in [1.29, 1.82) is 0 Å². The number of rotatable bonds is 1. The lowest BCUT2D eigenvalue weighted by molar-refractivity contribution is -0.139. The number of hydrogen-bond donors (Lipinski definition) is 2. The summed E-state index contributed by atoms with van der Waals surface area (Å²) in [6, 6.07) is 10.5. The van der Waals surface area contributed by atoms with E-state index in [2.05, 4.69) is 0 Å². The molecule has 128 valence electrons. The van der Waals surface area contributed by atoms with Crippen LogP contribution in [0, 0.1) is 0 Å². The molecule has 0 saturated heterocycles. The van der Waals surface area contributed by atoms with Crippen molar-refractivity contribution in [1.82, 2.24) is 4.90 Å². The number of likely N-dealkylation sites (N-methyl/N-ethyl adjacent to an activating group) is 1. The van der Waals surface area contributed by atoms with Crippen LogP contribution in [-0.2, 0) is 12.6 Å². The first-order valence-electron chi connectivity index (χ1n) is 7.67. The zero-order valence-electron chi connectivity index (χ0n) is 13.1. The van der Waals surface area contributed by atoms with Crippen molar-refractivity contribution in [3.8, 4) is 11.5 Å². The van der Waals surface area contributed by atoms with Crippen LogP contribution in [0.4, 0.5) is 13.2 Å². The van der Waals surface area contributed by atoms with Crippen molar-refractivity contribution >= 4 is 0 Å². The smallest absolute Gasteiger partial charge is 0.420 e. The fourth-order valence-electron chi connectivity index (χ4n) is 3.38. The summed E-state index contributed by atoms with van der Waals surface area (Å²) in [7, 11) is 1.86. The highest BCUT2D eigenvalue weighted by Crippen LogP contribution is 2.47. The molecule has 0 aliphatic carbocycles. The standard InChI is InChI=1S/C18H18F3NO2/c1-22-8-7-12-13(14(10-22)11-5-3-2-4-6-11)9-15(23)17(24)16(12)18(19,20)21/h2-6,9,14,23-24H,7-8,10H2,1H3. The number of nitrogens with zero attached hydrogens (tertiary/aromatic N) is 1. The van der Waals surface area contributed by atoms with Crippen LogP contribution in [0.2, 0.25) is 0 Å². The molecule has 2 aromatic rings. The predicted molar refractivity (Wildman–Crippen MR) is 84.3 cm³/mol. The highest BCUT2D eigenvalue weighted by molar-refractivity contribution is 5.57. The summed E-state index contributed by atoms with van der Waals surface area (Å²) < 4.78 is 40.5. The molecular formula is C18H18F3NO2. The van der Waals surface area contributed by atoms with Gasteiger partial charge in [0.25, 0.3) is 0 Å². The van der Waals surface area contributed by atoms with Crippen LogP contribution in [0.15, 0.2) is 36.4 Å². The van der Waals surface area contributed by atoms with Gasteiger partial charge in [0.05, 0.1) is 0 Å².